The largest absolute Gasteiger partial charge is 0.486 e. The van der Waals surface area contributed by atoms with Crippen molar-refractivity contribution >= 4 is 39.3 Å². The van der Waals surface area contributed by atoms with E-state index in [4.69, 9.17) is 21.1 Å². The summed E-state index contributed by atoms with van der Waals surface area (Å²) in [7, 11) is 0. The van der Waals surface area contributed by atoms with Gasteiger partial charge in [-0.1, -0.05) is 41.9 Å². The van der Waals surface area contributed by atoms with Gasteiger partial charge in [0, 0.05) is 23.1 Å². The van der Waals surface area contributed by atoms with E-state index in [1.54, 1.807) is 51.9 Å². The molecule has 2 aliphatic heterocycles. The van der Waals surface area contributed by atoms with Gasteiger partial charge >= 0.3 is 5.69 Å². The van der Waals surface area contributed by atoms with Crippen molar-refractivity contribution in [2.45, 2.75) is 32.2 Å². The normalized spacial score (nSPS) is 15.5. The topological polar surface area (TPSA) is 94.8 Å². The van der Waals surface area contributed by atoms with Crippen LogP contribution in [0.1, 0.15) is 45.1 Å². The van der Waals surface area contributed by atoms with Crippen LogP contribution in [0.4, 0.5) is 0 Å². The Hall–Kier alpha value is -3.86. The fourth-order valence-corrected chi connectivity index (χ4v) is 5.58. The van der Waals surface area contributed by atoms with Gasteiger partial charge in [0.05, 0.1) is 42.2 Å². The number of aromatic nitrogens is 2. The standard InChI is InChI=1S/C31H28BrClN4O5/c1-19(20-5-3-2-4-6-20)34-29(38)28-27-16-35(30(39)21-7-12-25(32)26(33)15-21)13-14-36(27)31(40)37(28)22-8-10-23(11-9-22)42-24-17-41-18-24/h2-12,15,19,24H,13-14,16-18H2,1H3,(H,34,38)/t19-/m1/s1. The molecule has 216 valence electrons. The van der Waals surface area contributed by atoms with Crippen LogP contribution < -0.4 is 15.7 Å². The third-order valence-corrected chi connectivity index (χ3v) is 8.73. The van der Waals surface area contributed by atoms with Crippen LogP contribution in [0.15, 0.2) is 82.1 Å². The molecular weight excluding hydrogens is 624 g/mol. The van der Waals surface area contributed by atoms with Crippen molar-refractivity contribution in [2.75, 3.05) is 19.8 Å². The van der Waals surface area contributed by atoms with Crippen molar-refractivity contribution in [1.82, 2.24) is 19.4 Å². The summed E-state index contributed by atoms with van der Waals surface area (Å²) in [5.41, 5.74) is 2.19. The fraction of sp³-hybridized carbons (Fsp3) is 0.258. The zero-order valence-electron chi connectivity index (χ0n) is 22.8. The quantitative estimate of drug-likeness (QED) is 0.304. The molecule has 2 amide bonds. The zero-order chi connectivity index (χ0) is 29.4. The molecule has 0 radical (unpaired) electrons. The van der Waals surface area contributed by atoms with Crippen LogP contribution in [0.3, 0.4) is 0 Å². The molecule has 1 N–H and O–H groups in total. The fourth-order valence-electron chi connectivity index (χ4n) is 5.16. The van der Waals surface area contributed by atoms with Crippen molar-refractivity contribution in [3.63, 3.8) is 0 Å². The number of imidazole rings is 1. The number of carbonyl (C=O) groups is 2. The van der Waals surface area contributed by atoms with E-state index in [0.717, 1.165) is 5.56 Å². The monoisotopic (exact) mass is 650 g/mol. The minimum Gasteiger partial charge on any atom is -0.486 e. The van der Waals surface area contributed by atoms with E-state index in [2.05, 4.69) is 21.2 Å². The predicted molar refractivity (Wildman–Crippen MR) is 161 cm³/mol. The molecule has 42 heavy (non-hydrogen) atoms. The van der Waals surface area contributed by atoms with Crippen LogP contribution in [0, 0.1) is 0 Å². The van der Waals surface area contributed by atoms with Gasteiger partial charge < -0.3 is 19.7 Å². The van der Waals surface area contributed by atoms with Crippen LogP contribution in [0.2, 0.25) is 5.02 Å². The van der Waals surface area contributed by atoms with Crippen molar-refractivity contribution in [2.24, 2.45) is 0 Å². The molecule has 0 unspecified atom stereocenters. The number of hydrogen-bond donors (Lipinski definition) is 1. The molecule has 3 aromatic carbocycles. The van der Waals surface area contributed by atoms with Gasteiger partial charge in [0.25, 0.3) is 11.8 Å². The van der Waals surface area contributed by atoms with Gasteiger partial charge in [-0.15, -0.1) is 0 Å². The van der Waals surface area contributed by atoms with Crippen molar-refractivity contribution in [3.05, 3.63) is 115 Å². The van der Waals surface area contributed by atoms with Gasteiger partial charge in [-0.2, -0.15) is 0 Å². The van der Waals surface area contributed by atoms with Gasteiger partial charge in [0.1, 0.15) is 17.5 Å². The van der Waals surface area contributed by atoms with Gasteiger partial charge in [-0.3, -0.25) is 18.7 Å². The molecular formula is C31H28BrClN4O5. The number of hydrogen-bond acceptors (Lipinski definition) is 5. The minimum atomic E-state index is -0.412. The first-order valence-electron chi connectivity index (χ1n) is 13.6. The average molecular weight is 652 g/mol. The van der Waals surface area contributed by atoms with Crippen LogP contribution >= 0.6 is 27.5 Å². The van der Waals surface area contributed by atoms with Crippen LogP contribution in [0.5, 0.6) is 5.75 Å². The van der Waals surface area contributed by atoms with Gasteiger partial charge in [-0.25, -0.2) is 4.79 Å². The highest BCUT2D eigenvalue weighted by Gasteiger charge is 2.33. The maximum Gasteiger partial charge on any atom is 0.333 e. The van der Waals surface area contributed by atoms with Crippen LogP contribution in [-0.4, -0.2) is 51.7 Å². The Balaban J connectivity index is 1.37. The van der Waals surface area contributed by atoms with E-state index < -0.39 is 5.91 Å². The second-order valence-electron chi connectivity index (χ2n) is 10.3. The summed E-state index contributed by atoms with van der Waals surface area (Å²) in [6.45, 7) is 3.61. The van der Waals surface area contributed by atoms with Gasteiger partial charge in [0.15, 0.2) is 0 Å². The van der Waals surface area contributed by atoms with E-state index >= 15 is 0 Å². The first kappa shape index (κ1) is 28.3. The molecule has 1 fully saturated rings. The lowest BCUT2D eigenvalue weighted by Crippen LogP contribution is -2.41. The maximum absolute atomic E-state index is 13.9. The smallest absolute Gasteiger partial charge is 0.333 e. The summed E-state index contributed by atoms with van der Waals surface area (Å²) in [6, 6.07) is 21.4. The first-order valence-corrected chi connectivity index (χ1v) is 14.8. The third-order valence-electron chi connectivity index (χ3n) is 7.50. The van der Waals surface area contributed by atoms with Gasteiger partial charge in [-0.05, 0) is 70.9 Å². The highest BCUT2D eigenvalue weighted by atomic mass is 79.9. The number of rotatable bonds is 7. The molecule has 0 spiro atoms. The molecule has 3 heterocycles. The Morgan fingerprint density at radius 1 is 1.05 bits per heavy atom. The molecule has 9 nitrogen and oxygen atoms in total. The Labute approximate surface area is 255 Å². The van der Waals surface area contributed by atoms with E-state index in [1.165, 1.54) is 4.57 Å². The molecule has 0 bridgehead atoms. The minimum absolute atomic E-state index is 0.00491. The van der Waals surface area contributed by atoms with Crippen LogP contribution in [-0.2, 0) is 17.8 Å². The summed E-state index contributed by atoms with van der Waals surface area (Å²) < 4.78 is 14.7. The predicted octanol–water partition coefficient (Wildman–Crippen LogP) is 4.98. The maximum atomic E-state index is 13.9. The Kier molecular flexibility index (Phi) is 7.94. The SMILES string of the molecule is C[C@@H](NC(=O)c1c2n(c(=O)n1-c1ccc(OC3COC3)cc1)CCN(C(=O)c1ccc(Br)c(Cl)c1)C2)c1ccccc1. The summed E-state index contributed by atoms with van der Waals surface area (Å²) in [6.07, 6.45) is 0.00491. The van der Waals surface area contributed by atoms with Crippen molar-refractivity contribution in [3.8, 4) is 11.4 Å². The third kappa shape index (κ3) is 5.49. The number of benzene rings is 3. The number of ether oxygens (including phenoxy) is 2. The molecule has 1 aromatic heterocycles. The van der Waals surface area contributed by atoms with Gasteiger partial charge in [0.2, 0.25) is 0 Å². The number of halogens is 2. The number of fused-ring (bicyclic) bond motifs is 1. The second-order valence-corrected chi connectivity index (χ2v) is 11.6. The molecule has 1 saturated heterocycles. The summed E-state index contributed by atoms with van der Waals surface area (Å²) in [5.74, 6) is 0.00386. The second kappa shape index (κ2) is 11.8. The highest BCUT2D eigenvalue weighted by Crippen LogP contribution is 2.27. The molecule has 0 aliphatic carbocycles. The van der Waals surface area contributed by atoms with E-state index in [9.17, 15) is 14.4 Å². The Bertz CT molecular complexity index is 1700. The molecule has 1 atom stereocenters. The Morgan fingerprint density at radius 3 is 2.45 bits per heavy atom. The number of carbonyl (C=O) groups excluding carboxylic acids is 2. The lowest BCUT2D eigenvalue weighted by molar-refractivity contribution is -0.0796. The Morgan fingerprint density at radius 2 is 1.79 bits per heavy atom. The lowest BCUT2D eigenvalue weighted by Gasteiger charge is -2.28. The number of amides is 2. The van der Waals surface area contributed by atoms with E-state index in [0.29, 0.717) is 51.9 Å². The molecule has 4 aromatic rings. The number of nitrogens with one attached hydrogen (secondary N) is 1. The molecule has 11 heteroatoms. The molecule has 6 rings (SSSR count). The molecule has 0 saturated carbocycles. The van der Waals surface area contributed by atoms with E-state index in [-0.39, 0.29) is 42.5 Å². The summed E-state index contributed by atoms with van der Waals surface area (Å²) in [4.78, 5) is 42.9. The van der Waals surface area contributed by atoms with Crippen LogP contribution in [0.25, 0.3) is 5.69 Å². The zero-order valence-corrected chi connectivity index (χ0v) is 25.1. The van der Waals surface area contributed by atoms with E-state index in [1.807, 2.05) is 37.3 Å². The summed E-state index contributed by atoms with van der Waals surface area (Å²) in [5, 5.41) is 3.48. The number of nitrogens with zero attached hydrogens (tertiary/aromatic N) is 3. The average Bonchev–Trinajstić information content (AvgIpc) is 3.28. The highest BCUT2D eigenvalue weighted by molar-refractivity contribution is 9.10. The lowest BCUT2D eigenvalue weighted by atomic mass is 10.1. The van der Waals surface area contributed by atoms with Crippen molar-refractivity contribution < 1.29 is 19.1 Å². The first-order chi connectivity index (χ1) is 20.3. The molecule has 2 aliphatic rings. The summed E-state index contributed by atoms with van der Waals surface area (Å²) >= 11 is 9.61. The van der Waals surface area contributed by atoms with Crippen molar-refractivity contribution in [1.29, 1.82) is 0 Å².